The third-order valence-electron chi connectivity index (χ3n) is 7.26. The van der Waals surface area contributed by atoms with E-state index in [0.29, 0.717) is 18.7 Å². The van der Waals surface area contributed by atoms with Crippen molar-refractivity contribution >= 4 is 29.5 Å². The number of aromatic hydroxyl groups is 2. The molecule has 2 amide bonds. The smallest absolute Gasteiger partial charge is 0.355 e. The molecular weight excluding hydrogens is 560 g/mol. The lowest BCUT2D eigenvalue weighted by Gasteiger charge is -2.44. The molecule has 3 heterocycles. The summed E-state index contributed by atoms with van der Waals surface area (Å²) in [5.74, 6) is -7.07. The van der Waals surface area contributed by atoms with Crippen molar-refractivity contribution in [1.29, 1.82) is 0 Å². The molecule has 8 N–H and O–H groups in total. The number of rotatable bonds is 7. The molecule has 6 atom stereocenters. The van der Waals surface area contributed by atoms with Crippen molar-refractivity contribution in [2.75, 3.05) is 24.6 Å². The van der Waals surface area contributed by atoms with Crippen LogP contribution in [-0.2, 0) is 20.7 Å². The van der Waals surface area contributed by atoms with E-state index in [2.05, 4.69) is 0 Å². The number of aliphatic hydroxyl groups is 5. The van der Waals surface area contributed by atoms with Crippen LogP contribution in [0, 0.1) is 0 Å². The zero-order valence-corrected chi connectivity index (χ0v) is 21.8. The molecule has 0 aromatic heterocycles. The Hall–Kier alpha value is -4.25. The second-order valence-corrected chi connectivity index (χ2v) is 10.1. The van der Waals surface area contributed by atoms with Gasteiger partial charge in [-0.1, -0.05) is 6.07 Å². The molecule has 0 spiro atoms. The Morgan fingerprint density at radius 1 is 1.05 bits per heavy atom. The van der Waals surface area contributed by atoms with Gasteiger partial charge in [0.1, 0.15) is 30.1 Å². The Balaban J connectivity index is 1.44. The zero-order valence-electron chi connectivity index (χ0n) is 21.8. The Kier molecular flexibility index (Phi) is 7.57. The number of hydrogen-bond donors (Lipinski definition) is 8. The van der Waals surface area contributed by atoms with E-state index in [1.807, 2.05) is 0 Å². The average Bonchev–Trinajstić information content (AvgIpc) is 3.74. The molecule has 42 heavy (non-hydrogen) atoms. The molecule has 3 aliphatic heterocycles. The number of hydrogen-bond acceptors (Lipinski definition) is 12. The molecule has 3 aliphatic rings. The molecule has 2 fully saturated rings. The SMILES string of the molecule is O=C(O)[C@H]1Cc2cc(O)c(O[C@@]3(O)O[C@H](CO)[C@@H](O)[C@H](O)[C@H]3O)cc2N1C(=O)C=Cc1ccc(O)c(C(=O)N2CC2)c1. The third-order valence-corrected chi connectivity index (χ3v) is 7.26. The number of nitrogens with zero attached hydrogens (tertiary/aromatic N) is 2. The summed E-state index contributed by atoms with van der Waals surface area (Å²) in [5.41, 5.74) is 0.615. The van der Waals surface area contributed by atoms with E-state index in [1.54, 1.807) is 0 Å². The number of carboxylic acid groups (broad SMARTS) is 1. The molecule has 0 saturated carbocycles. The lowest BCUT2D eigenvalue weighted by atomic mass is 9.98. The highest BCUT2D eigenvalue weighted by molar-refractivity contribution is 6.09. The van der Waals surface area contributed by atoms with Gasteiger partial charge in [-0.05, 0) is 35.4 Å². The fourth-order valence-corrected chi connectivity index (χ4v) is 4.87. The van der Waals surface area contributed by atoms with E-state index < -0.39 is 66.4 Å². The maximum Gasteiger partial charge on any atom is 0.355 e. The Morgan fingerprint density at radius 3 is 2.40 bits per heavy atom. The first-order valence-electron chi connectivity index (χ1n) is 12.8. The lowest BCUT2D eigenvalue weighted by molar-refractivity contribution is -0.422. The monoisotopic (exact) mass is 588 g/mol. The number of carbonyl (C=O) groups is 3. The lowest BCUT2D eigenvalue weighted by Crippen LogP contribution is -2.67. The highest BCUT2D eigenvalue weighted by Crippen LogP contribution is 2.43. The van der Waals surface area contributed by atoms with Crippen LogP contribution in [0.1, 0.15) is 21.5 Å². The summed E-state index contributed by atoms with van der Waals surface area (Å²) in [4.78, 5) is 40.2. The summed E-state index contributed by atoms with van der Waals surface area (Å²) >= 11 is 0. The number of anilines is 1. The second-order valence-electron chi connectivity index (χ2n) is 10.1. The first-order chi connectivity index (χ1) is 19.8. The minimum absolute atomic E-state index is 0.0267. The van der Waals surface area contributed by atoms with Gasteiger partial charge in [0.05, 0.1) is 17.9 Å². The van der Waals surface area contributed by atoms with E-state index in [-0.39, 0.29) is 34.9 Å². The van der Waals surface area contributed by atoms with Crippen LogP contribution in [0.3, 0.4) is 0 Å². The first-order valence-corrected chi connectivity index (χ1v) is 12.8. The van der Waals surface area contributed by atoms with E-state index in [9.17, 15) is 55.2 Å². The molecule has 224 valence electrons. The molecule has 15 nitrogen and oxygen atoms in total. The summed E-state index contributed by atoms with van der Waals surface area (Å²) in [5, 5.41) is 80.9. The number of phenols is 2. The quantitative estimate of drug-likeness (QED) is 0.100. The van der Waals surface area contributed by atoms with Crippen LogP contribution < -0.4 is 9.64 Å². The predicted octanol–water partition coefficient (Wildman–Crippen LogP) is -1.89. The number of fused-ring (bicyclic) bond motifs is 1. The van der Waals surface area contributed by atoms with Gasteiger partial charge in [0.2, 0.25) is 0 Å². The van der Waals surface area contributed by atoms with E-state index in [1.165, 1.54) is 29.2 Å². The van der Waals surface area contributed by atoms with Crippen molar-refractivity contribution in [3.8, 4) is 17.2 Å². The highest BCUT2D eigenvalue weighted by Gasteiger charge is 2.55. The Labute approximate surface area is 237 Å². The molecule has 15 heteroatoms. The Bertz CT molecular complexity index is 1460. The summed E-state index contributed by atoms with van der Waals surface area (Å²) in [7, 11) is 0. The maximum absolute atomic E-state index is 13.3. The topological polar surface area (TPSA) is 238 Å². The van der Waals surface area contributed by atoms with E-state index >= 15 is 0 Å². The molecule has 5 rings (SSSR count). The van der Waals surface area contributed by atoms with Gasteiger partial charge in [0.25, 0.3) is 11.8 Å². The number of amides is 2. The summed E-state index contributed by atoms with van der Waals surface area (Å²) in [6.07, 6.45) is -5.47. The molecule has 0 unspecified atom stereocenters. The molecule has 0 radical (unpaired) electrons. The van der Waals surface area contributed by atoms with Crippen LogP contribution in [0.2, 0.25) is 0 Å². The van der Waals surface area contributed by atoms with Crippen molar-refractivity contribution < 1.29 is 64.7 Å². The predicted molar refractivity (Wildman–Crippen MR) is 139 cm³/mol. The average molecular weight is 589 g/mol. The van der Waals surface area contributed by atoms with Crippen molar-refractivity contribution in [1.82, 2.24) is 4.90 Å². The van der Waals surface area contributed by atoms with Crippen LogP contribution in [0.4, 0.5) is 5.69 Å². The largest absolute Gasteiger partial charge is 0.507 e. The fourth-order valence-electron chi connectivity index (χ4n) is 4.87. The molecule has 2 saturated heterocycles. The number of benzene rings is 2. The molecule has 2 aromatic rings. The Morgan fingerprint density at radius 2 is 1.76 bits per heavy atom. The standard InChI is InChI=1S/C27H28N2O13/c30-11-20-22(34)23(35)24(36)27(40,42-20)41-19-10-15-13(9-18(19)32)8-16(26(38)39)29(15)21(33)4-2-12-1-3-17(31)14(7-12)25(37)28-5-6-28/h1-4,7,9-10,16,20,22-24,30-32,34-36,40H,5-6,8,11H2,(H,38,39)/t16-,20-,22-,23+,24-,27-/m1/s1. The van der Waals surface area contributed by atoms with Gasteiger partial charge in [0.15, 0.2) is 17.6 Å². The van der Waals surface area contributed by atoms with Crippen LogP contribution in [-0.4, -0.2) is 120 Å². The summed E-state index contributed by atoms with van der Waals surface area (Å²) in [6.45, 7) is 0.253. The van der Waals surface area contributed by atoms with Crippen LogP contribution >= 0.6 is 0 Å². The second kappa shape index (κ2) is 10.9. The normalized spacial score (nSPS) is 28.5. The highest BCUT2D eigenvalue weighted by atomic mass is 16.8. The zero-order chi connectivity index (χ0) is 30.5. The van der Waals surface area contributed by atoms with Crippen LogP contribution in [0.25, 0.3) is 6.08 Å². The van der Waals surface area contributed by atoms with Gasteiger partial charge >= 0.3 is 11.9 Å². The van der Waals surface area contributed by atoms with Gasteiger partial charge in [-0.3, -0.25) is 14.5 Å². The number of phenolic OH excluding ortho intramolecular Hbond substituents is 2. The van der Waals surface area contributed by atoms with Crippen molar-refractivity contribution in [2.24, 2.45) is 0 Å². The van der Waals surface area contributed by atoms with E-state index in [0.717, 1.165) is 23.1 Å². The minimum Gasteiger partial charge on any atom is -0.507 e. The molecule has 2 aromatic carbocycles. The van der Waals surface area contributed by atoms with Crippen molar-refractivity contribution in [3.63, 3.8) is 0 Å². The number of aliphatic hydroxyl groups excluding tert-OH is 4. The third kappa shape index (κ3) is 5.24. The number of carbonyl (C=O) groups excluding carboxylic acids is 2. The fraction of sp³-hybridized carbons (Fsp3) is 0.370. The van der Waals surface area contributed by atoms with Gasteiger partial charge in [-0.2, -0.15) is 0 Å². The number of carboxylic acids is 1. The minimum atomic E-state index is -3.07. The van der Waals surface area contributed by atoms with Crippen LogP contribution in [0.15, 0.2) is 36.4 Å². The maximum atomic E-state index is 13.3. The van der Waals surface area contributed by atoms with E-state index in [4.69, 9.17) is 9.47 Å². The first kappa shape index (κ1) is 29.2. The summed E-state index contributed by atoms with van der Waals surface area (Å²) in [6, 6.07) is 4.85. The van der Waals surface area contributed by atoms with Crippen LogP contribution in [0.5, 0.6) is 17.2 Å². The molecule has 0 bridgehead atoms. The van der Waals surface area contributed by atoms with Gasteiger partial charge in [0, 0.05) is 31.7 Å². The molecule has 0 aliphatic carbocycles. The number of ether oxygens (including phenoxy) is 2. The van der Waals surface area contributed by atoms with Gasteiger partial charge < -0.3 is 55.2 Å². The summed E-state index contributed by atoms with van der Waals surface area (Å²) < 4.78 is 10.3. The molecular formula is C27H28N2O13. The van der Waals surface area contributed by atoms with Gasteiger partial charge in [-0.25, -0.2) is 4.79 Å². The van der Waals surface area contributed by atoms with Crippen molar-refractivity contribution in [3.05, 3.63) is 53.1 Å². The van der Waals surface area contributed by atoms with Crippen molar-refractivity contribution in [2.45, 2.75) is 42.9 Å². The number of aliphatic carboxylic acids is 1. The van der Waals surface area contributed by atoms with Gasteiger partial charge in [-0.15, -0.1) is 0 Å².